The second-order valence-electron chi connectivity index (χ2n) is 4.82. The van der Waals surface area contributed by atoms with Crippen molar-refractivity contribution in [3.63, 3.8) is 0 Å². The summed E-state index contributed by atoms with van der Waals surface area (Å²) in [5.74, 6) is -1.04. The SMILES string of the molecule is C=CCN(c1ccc(C(=O)OC)cc1)S(=O)(=O)c1ccc(F)cc1. The van der Waals surface area contributed by atoms with Crippen LogP contribution in [-0.2, 0) is 14.8 Å². The van der Waals surface area contributed by atoms with Crippen molar-refractivity contribution in [3.8, 4) is 0 Å². The van der Waals surface area contributed by atoms with Crippen LogP contribution in [0.2, 0.25) is 0 Å². The predicted octanol–water partition coefficient (Wildman–Crippen LogP) is 2.99. The molecule has 0 unspecified atom stereocenters. The van der Waals surface area contributed by atoms with Crippen LogP contribution in [0.4, 0.5) is 10.1 Å². The minimum atomic E-state index is -3.89. The highest BCUT2D eigenvalue weighted by molar-refractivity contribution is 7.92. The lowest BCUT2D eigenvalue weighted by Crippen LogP contribution is -2.31. The van der Waals surface area contributed by atoms with Crippen molar-refractivity contribution in [1.82, 2.24) is 0 Å². The molecule has 126 valence electrons. The first-order valence-electron chi connectivity index (χ1n) is 6.97. The third kappa shape index (κ3) is 3.62. The van der Waals surface area contributed by atoms with Crippen LogP contribution < -0.4 is 4.31 Å². The van der Waals surface area contributed by atoms with E-state index in [0.29, 0.717) is 11.3 Å². The van der Waals surface area contributed by atoms with E-state index in [1.54, 1.807) is 0 Å². The van der Waals surface area contributed by atoms with Gasteiger partial charge in [-0.1, -0.05) is 6.08 Å². The molecule has 0 saturated heterocycles. The number of rotatable bonds is 6. The summed E-state index contributed by atoms with van der Waals surface area (Å²) in [6, 6.07) is 10.5. The van der Waals surface area contributed by atoms with Gasteiger partial charge >= 0.3 is 5.97 Å². The Hall–Kier alpha value is -2.67. The van der Waals surface area contributed by atoms with Crippen molar-refractivity contribution in [2.75, 3.05) is 18.0 Å². The zero-order valence-electron chi connectivity index (χ0n) is 13.0. The third-order valence-corrected chi connectivity index (χ3v) is 5.08. The van der Waals surface area contributed by atoms with Crippen LogP contribution in [0.5, 0.6) is 0 Å². The zero-order valence-corrected chi connectivity index (χ0v) is 13.8. The summed E-state index contributed by atoms with van der Waals surface area (Å²) in [6.07, 6.45) is 1.44. The second kappa shape index (κ2) is 7.27. The Kier molecular flexibility index (Phi) is 5.35. The highest BCUT2D eigenvalue weighted by Crippen LogP contribution is 2.24. The van der Waals surface area contributed by atoms with Crippen molar-refractivity contribution in [3.05, 3.63) is 72.6 Å². The Balaban J connectivity index is 2.43. The lowest BCUT2D eigenvalue weighted by molar-refractivity contribution is 0.0600. The maximum atomic E-state index is 13.0. The average molecular weight is 349 g/mol. The van der Waals surface area contributed by atoms with E-state index in [9.17, 15) is 17.6 Å². The van der Waals surface area contributed by atoms with Gasteiger partial charge < -0.3 is 4.74 Å². The lowest BCUT2D eigenvalue weighted by atomic mass is 10.2. The van der Waals surface area contributed by atoms with Crippen molar-refractivity contribution < 1.29 is 22.3 Å². The second-order valence-corrected chi connectivity index (χ2v) is 6.68. The predicted molar refractivity (Wildman–Crippen MR) is 88.9 cm³/mol. The van der Waals surface area contributed by atoms with Crippen molar-refractivity contribution in [2.24, 2.45) is 0 Å². The number of nitrogens with zero attached hydrogens (tertiary/aromatic N) is 1. The van der Waals surface area contributed by atoms with E-state index in [0.717, 1.165) is 16.4 Å². The molecule has 0 amide bonds. The summed E-state index contributed by atoms with van der Waals surface area (Å²) >= 11 is 0. The summed E-state index contributed by atoms with van der Waals surface area (Å²) in [7, 11) is -2.63. The number of carbonyl (C=O) groups is 1. The van der Waals surface area contributed by atoms with Gasteiger partial charge in [0, 0.05) is 0 Å². The van der Waals surface area contributed by atoms with Crippen LogP contribution in [-0.4, -0.2) is 28.0 Å². The maximum absolute atomic E-state index is 13.0. The first-order valence-corrected chi connectivity index (χ1v) is 8.41. The Bertz CT molecular complexity index is 830. The number of hydrogen-bond donors (Lipinski definition) is 0. The van der Waals surface area contributed by atoms with Gasteiger partial charge in [-0.2, -0.15) is 0 Å². The molecule has 0 aliphatic heterocycles. The number of ether oxygens (including phenoxy) is 1. The molecule has 0 bridgehead atoms. The van der Waals surface area contributed by atoms with Gasteiger partial charge in [0.25, 0.3) is 10.0 Å². The average Bonchev–Trinajstić information content (AvgIpc) is 2.59. The van der Waals surface area contributed by atoms with E-state index in [-0.39, 0.29) is 11.4 Å². The van der Waals surface area contributed by atoms with Crippen molar-refractivity contribution in [1.29, 1.82) is 0 Å². The largest absolute Gasteiger partial charge is 0.465 e. The molecule has 0 aromatic heterocycles. The minimum Gasteiger partial charge on any atom is -0.465 e. The normalized spacial score (nSPS) is 10.9. The van der Waals surface area contributed by atoms with E-state index in [2.05, 4.69) is 11.3 Å². The van der Waals surface area contributed by atoms with Crippen LogP contribution in [0.25, 0.3) is 0 Å². The summed E-state index contributed by atoms with van der Waals surface area (Å²) in [6.45, 7) is 3.59. The van der Waals surface area contributed by atoms with Gasteiger partial charge in [0.2, 0.25) is 0 Å². The van der Waals surface area contributed by atoms with Crippen LogP contribution >= 0.6 is 0 Å². The monoisotopic (exact) mass is 349 g/mol. The minimum absolute atomic E-state index is 0.0251. The molecule has 0 spiro atoms. The smallest absolute Gasteiger partial charge is 0.337 e. The standard InChI is InChI=1S/C17H16FNO4S/c1-3-12-19(15-8-4-13(5-9-15)17(20)23-2)24(21,22)16-10-6-14(18)7-11-16/h3-11H,1,12H2,2H3. The van der Waals surface area contributed by atoms with Gasteiger partial charge in [-0.3, -0.25) is 4.31 Å². The lowest BCUT2D eigenvalue weighted by Gasteiger charge is -2.23. The molecule has 0 fully saturated rings. The van der Waals surface area contributed by atoms with Crippen molar-refractivity contribution in [2.45, 2.75) is 4.90 Å². The number of benzene rings is 2. The Labute approximate surface area is 140 Å². The van der Waals surface area contributed by atoms with Gasteiger partial charge in [-0.15, -0.1) is 6.58 Å². The molecule has 0 saturated carbocycles. The number of methoxy groups -OCH3 is 1. The molecule has 2 aromatic rings. The van der Waals surface area contributed by atoms with E-state index >= 15 is 0 Å². The third-order valence-electron chi connectivity index (χ3n) is 3.27. The fourth-order valence-corrected chi connectivity index (χ4v) is 3.51. The fraction of sp³-hybridized carbons (Fsp3) is 0.118. The van der Waals surface area contributed by atoms with E-state index < -0.39 is 21.8 Å². The first-order chi connectivity index (χ1) is 11.4. The van der Waals surface area contributed by atoms with E-state index in [1.165, 1.54) is 49.6 Å². The van der Waals surface area contributed by atoms with Crippen LogP contribution in [0, 0.1) is 5.82 Å². The molecule has 2 rings (SSSR count). The summed E-state index contributed by atoms with van der Waals surface area (Å²) in [5.41, 5.74) is 0.658. The van der Waals surface area contributed by atoms with Crippen LogP contribution in [0.15, 0.2) is 66.1 Å². The molecule has 7 heteroatoms. The molecular weight excluding hydrogens is 333 g/mol. The molecular formula is C17H16FNO4S. The van der Waals surface area contributed by atoms with Gasteiger partial charge in [0.05, 0.1) is 29.8 Å². The molecule has 24 heavy (non-hydrogen) atoms. The van der Waals surface area contributed by atoms with Crippen LogP contribution in [0.1, 0.15) is 10.4 Å². The number of hydrogen-bond acceptors (Lipinski definition) is 4. The highest BCUT2D eigenvalue weighted by Gasteiger charge is 2.24. The Morgan fingerprint density at radius 1 is 1.17 bits per heavy atom. The van der Waals surface area contributed by atoms with Gasteiger partial charge in [-0.05, 0) is 48.5 Å². The number of sulfonamides is 1. The summed E-state index contributed by atoms with van der Waals surface area (Å²) < 4.78 is 44.3. The molecule has 2 aromatic carbocycles. The summed E-state index contributed by atoms with van der Waals surface area (Å²) in [5, 5.41) is 0. The number of anilines is 1. The van der Waals surface area contributed by atoms with Crippen molar-refractivity contribution >= 4 is 21.7 Å². The Morgan fingerprint density at radius 2 is 1.75 bits per heavy atom. The molecule has 0 aliphatic carbocycles. The topological polar surface area (TPSA) is 63.7 Å². The quantitative estimate of drug-likeness (QED) is 0.594. The number of carbonyl (C=O) groups excluding carboxylic acids is 1. The number of esters is 1. The zero-order chi connectivity index (χ0) is 17.7. The Morgan fingerprint density at radius 3 is 2.25 bits per heavy atom. The molecule has 0 N–H and O–H groups in total. The van der Waals surface area contributed by atoms with E-state index in [1.807, 2.05) is 0 Å². The van der Waals surface area contributed by atoms with Gasteiger partial charge in [0.15, 0.2) is 0 Å². The first kappa shape index (κ1) is 17.7. The highest BCUT2D eigenvalue weighted by atomic mass is 32.2. The number of halogens is 1. The van der Waals surface area contributed by atoms with Gasteiger partial charge in [0.1, 0.15) is 5.82 Å². The molecule has 0 radical (unpaired) electrons. The molecule has 0 heterocycles. The molecule has 0 atom stereocenters. The molecule has 0 aliphatic rings. The fourth-order valence-electron chi connectivity index (χ4n) is 2.07. The van der Waals surface area contributed by atoms with E-state index in [4.69, 9.17) is 0 Å². The summed E-state index contributed by atoms with van der Waals surface area (Å²) in [4.78, 5) is 11.4. The molecule has 5 nitrogen and oxygen atoms in total. The maximum Gasteiger partial charge on any atom is 0.337 e. The van der Waals surface area contributed by atoms with Gasteiger partial charge in [-0.25, -0.2) is 17.6 Å². The van der Waals surface area contributed by atoms with Crippen LogP contribution in [0.3, 0.4) is 0 Å².